The number of phenols is 1. The number of ether oxygens (including phenoxy) is 3. The Bertz CT molecular complexity index is 1240. The van der Waals surface area contributed by atoms with Crippen LogP contribution in [0.3, 0.4) is 0 Å². The number of aromatic hydroxyl groups is 1. The first-order chi connectivity index (χ1) is 17.9. The van der Waals surface area contributed by atoms with Gasteiger partial charge in [0.05, 0.1) is 27.4 Å². The zero-order chi connectivity index (χ0) is 26.2. The summed E-state index contributed by atoms with van der Waals surface area (Å²) >= 11 is 0. The van der Waals surface area contributed by atoms with Crippen molar-refractivity contribution < 1.29 is 24.1 Å². The molecule has 0 saturated carbocycles. The van der Waals surface area contributed by atoms with Crippen molar-refractivity contribution in [3.63, 3.8) is 0 Å². The molecule has 2 heterocycles. The second-order valence-corrected chi connectivity index (χ2v) is 10.0. The number of nitrogens with zero attached hydrogens (tertiary/aromatic N) is 2. The van der Waals surface area contributed by atoms with Crippen LogP contribution in [0.4, 0.5) is 5.69 Å². The van der Waals surface area contributed by atoms with Gasteiger partial charge >= 0.3 is 0 Å². The highest BCUT2D eigenvalue weighted by molar-refractivity contribution is 5.95. The summed E-state index contributed by atoms with van der Waals surface area (Å²) in [4.78, 5) is 17.9. The molecule has 1 spiro atoms. The molecule has 2 fully saturated rings. The Morgan fingerprint density at radius 2 is 1.49 bits per heavy atom. The van der Waals surface area contributed by atoms with Crippen molar-refractivity contribution in [3.8, 4) is 23.0 Å². The predicted octanol–water partition coefficient (Wildman–Crippen LogP) is 5.21. The molecule has 194 valence electrons. The molecular weight excluding hydrogens is 468 g/mol. The van der Waals surface area contributed by atoms with Gasteiger partial charge in [-0.25, -0.2) is 0 Å². The normalized spacial score (nSPS) is 18.3. The van der Waals surface area contributed by atoms with E-state index in [1.54, 1.807) is 45.6 Å². The minimum atomic E-state index is -0.0370. The van der Waals surface area contributed by atoms with E-state index in [1.165, 1.54) is 16.8 Å². The third kappa shape index (κ3) is 4.43. The van der Waals surface area contributed by atoms with E-state index in [0.717, 1.165) is 19.4 Å². The van der Waals surface area contributed by atoms with Crippen LogP contribution in [0.15, 0.2) is 60.7 Å². The van der Waals surface area contributed by atoms with Gasteiger partial charge in [0.1, 0.15) is 5.75 Å². The molecule has 2 aliphatic heterocycles. The second-order valence-electron chi connectivity index (χ2n) is 10.0. The molecule has 37 heavy (non-hydrogen) atoms. The maximum absolute atomic E-state index is 13.5. The van der Waals surface area contributed by atoms with Gasteiger partial charge in [-0.05, 0) is 61.7 Å². The second kappa shape index (κ2) is 9.88. The number of phenolic OH excluding ortho intramolecular Hbond substituents is 1. The summed E-state index contributed by atoms with van der Waals surface area (Å²) in [5.74, 6) is 1.65. The summed E-state index contributed by atoms with van der Waals surface area (Å²) in [7, 11) is 4.65. The molecular formula is C30H34N2O5. The average Bonchev–Trinajstić information content (AvgIpc) is 2.92. The van der Waals surface area contributed by atoms with Crippen molar-refractivity contribution in [2.24, 2.45) is 5.41 Å². The van der Waals surface area contributed by atoms with Gasteiger partial charge in [0.25, 0.3) is 5.91 Å². The van der Waals surface area contributed by atoms with Crippen molar-refractivity contribution in [2.75, 3.05) is 45.9 Å². The first-order valence-corrected chi connectivity index (χ1v) is 12.6. The van der Waals surface area contributed by atoms with E-state index in [4.69, 9.17) is 14.2 Å². The summed E-state index contributed by atoms with van der Waals surface area (Å²) in [5, 5.41) is 9.87. The van der Waals surface area contributed by atoms with Crippen molar-refractivity contribution in [1.29, 1.82) is 0 Å². The van der Waals surface area contributed by atoms with Crippen LogP contribution in [0, 0.1) is 12.3 Å². The molecule has 1 unspecified atom stereocenters. The summed E-state index contributed by atoms with van der Waals surface area (Å²) in [6.45, 7) is 4.38. The monoisotopic (exact) mass is 502 g/mol. The predicted molar refractivity (Wildman–Crippen MR) is 143 cm³/mol. The Hall–Kier alpha value is -3.87. The van der Waals surface area contributed by atoms with Crippen LogP contribution in [0.2, 0.25) is 0 Å². The zero-order valence-electron chi connectivity index (χ0n) is 21.9. The maximum Gasteiger partial charge on any atom is 0.254 e. The lowest BCUT2D eigenvalue weighted by atomic mass is 9.63. The Balaban J connectivity index is 1.37. The molecule has 7 heteroatoms. The first-order valence-electron chi connectivity index (χ1n) is 12.6. The minimum absolute atomic E-state index is 0.0370. The number of carbonyl (C=O) groups is 1. The first kappa shape index (κ1) is 24.8. The molecule has 7 nitrogen and oxygen atoms in total. The molecule has 0 bridgehead atoms. The fourth-order valence-corrected chi connectivity index (χ4v) is 5.88. The van der Waals surface area contributed by atoms with Crippen LogP contribution in [-0.4, -0.2) is 56.9 Å². The van der Waals surface area contributed by atoms with Gasteiger partial charge in [0.2, 0.25) is 5.75 Å². The van der Waals surface area contributed by atoms with Gasteiger partial charge in [-0.3, -0.25) is 4.79 Å². The van der Waals surface area contributed by atoms with Crippen LogP contribution in [0.1, 0.15) is 40.4 Å². The van der Waals surface area contributed by atoms with Gasteiger partial charge in [-0.1, -0.05) is 29.8 Å². The summed E-state index contributed by atoms with van der Waals surface area (Å²) in [6, 6.07) is 19.8. The van der Waals surface area contributed by atoms with E-state index in [-0.39, 0.29) is 23.1 Å². The average molecular weight is 503 g/mol. The molecule has 0 aliphatic carbocycles. The number of methoxy groups -OCH3 is 3. The fraction of sp³-hybridized carbons (Fsp3) is 0.367. The van der Waals surface area contributed by atoms with Crippen molar-refractivity contribution in [1.82, 2.24) is 4.90 Å². The molecule has 1 amide bonds. The Morgan fingerprint density at radius 1 is 0.892 bits per heavy atom. The van der Waals surface area contributed by atoms with Gasteiger partial charge in [0, 0.05) is 36.3 Å². The number of carbonyl (C=O) groups excluding carboxylic acids is 1. The fourth-order valence-electron chi connectivity index (χ4n) is 5.88. The number of hydrogen-bond donors (Lipinski definition) is 1. The topological polar surface area (TPSA) is 71.5 Å². The molecule has 3 aromatic rings. The zero-order valence-corrected chi connectivity index (χ0v) is 21.9. The van der Waals surface area contributed by atoms with Crippen molar-refractivity contribution in [3.05, 3.63) is 77.4 Å². The van der Waals surface area contributed by atoms with Crippen LogP contribution in [0.5, 0.6) is 23.0 Å². The molecule has 5 rings (SSSR count). The molecule has 2 saturated heterocycles. The summed E-state index contributed by atoms with van der Waals surface area (Å²) in [5.41, 5.74) is 4.21. The molecule has 0 aromatic heterocycles. The number of benzene rings is 3. The number of anilines is 1. The number of likely N-dealkylation sites (tertiary alicyclic amines) is 1. The van der Waals surface area contributed by atoms with Crippen LogP contribution >= 0.6 is 0 Å². The lowest BCUT2D eigenvalue weighted by Gasteiger charge is -2.61. The van der Waals surface area contributed by atoms with E-state index in [0.29, 0.717) is 35.9 Å². The molecule has 3 aromatic carbocycles. The highest BCUT2D eigenvalue weighted by Gasteiger charge is 2.54. The number of piperidine rings is 1. The number of amides is 1. The number of rotatable bonds is 6. The highest BCUT2D eigenvalue weighted by Crippen LogP contribution is 2.56. The van der Waals surface area contributed by atoms with E-state index in [1.807, 2.05) is 17.0 Å². The number of hydrogen-bond acceptors (Lipinski definition) is 6. The van der Waals surface area contributed by atoms with Crippen molar-refractivity contribution in [2.45, 2.75) is 25.8 Å². The van der Waals surface area contributed by atoms with Gasteiger partial charge in [-0.15, -0.1) is 0 Å². The summed E-state index contributed by atoms with van der Waals surface area (Å²) in [6.07, 6.45) is 1.80. The smallest absolute Gasteiger partial charge is 0.254 e. The van der Waals surface area contributed by atoms with Gasteiger partial charge in [-0.2, -0.15) is 0 Å². The lowest BCUT2D eigenvalue weighted by molar-refractivity contribution is 0.0271. The Morgan fingerprint density at radius 3 is 2.03 bits per heavy atom. The molecule has 2 aliphatic rings. The highest BCUT2D eigenvalue weighted by atomic mass is 16.5. The van der Waals surface area contributed by atoms with Gasteiger partial charge < -0.3 is 29.1 Å². The third-order valence-electron chi connectivity index (χ3n) is 7.91. The van der Waals surface area contributed by atoms with E-state index >= 15 is 0 Å². The van der Waals surface area contributed by atoms with Crippen LogP contribution in [0.25, 0.3) is 0 Å². The van der Waals surface area contributed by atoms with E-state index < -0.39 is 0 Å². The Kier molecular flexibility index (Phi) is 6.63. The molecule has 1 N–H and O–H groups in total. The van der Waals surface area contributed by atoms with Crippen LogP contribution < -0.4 is 19.1 Å². The minimum Gasteiger partial charge on any atom is -0.508 e. The van der Waals surface area contributed by atoms with Gasteiger partial charge in [0.15, 0.2) is 11.5 Å². The third-order valence-corrected chi connectivity index (χ3v) is 7.91. The number of aryl methyl sites for hydroxylation is 1. The van der Waals surface area contributed by atoms with E-state index in [2.05, 4.69) is 36.1 Å². The molecule has 0 radical (unpaired) electrons. The standard InChI is InChI=1S/C30H34N2O5/c1-20-5-9-23(10-6-20)32-19-30(28(32)21-7-11-24(33)12-8-21)13-15-31(16-14-30)29(34)22-17-25(35-2)27(37-4)26(18-22)36-3/h5-12,17-18,28,33H,13-16,19H2,1-4H3. The largest absolute Gasteiger partial charge is 0.508 e. The maximum atomic E-state index is 13.5. The van der Waals surface area contributed by atoms with Crippen molar-refractivity contribution >= 4 is 11.6 Å². The SMILES string of the molecule is COc1cc(C(=O)N2CCC3(CC2)CN(c2ccc(C)cc2)C3c2ccc(O)cc2)cc(OC)c1OC. The lowest BCUT2D eigenvalue weighted by Crippen LogP contribution is -2.62. The molecule has 1 atom stereocenters. The quantitative estimate of drug-likeness (QED) is 0.499. The van der Waals surface area contributed by atoms with Crippen LogP contribution in [-0.2, 0) is 0 Å². The summed E-state index contributed by atoms with van der Waals surface area (Å²) < 4.78 is 16.3. The Labute approximate surface area is 218 Å². The van der Waals surface area contributed by atoms with E-state index in [9.17, 15) is 9.90 Å².